The Morgan fingerprint density at radius 1 is 1.15 bits per heavy atom. The molecule has 0 aliphatic rings. The molecule has 138 valence electrons. The summed E-state index contributed by atoms with van der Waals surface area (Å²) in [6.07, 6.45) is 0.283. The van der Waals surface area contributed by atoms with Crippen molar-refractivity contribution in [2.24, 2.45) is 0 Å². The number of methoxy groups -OCH3 is 1. The Bertz CT molecular complexity index is 971. The Labute approximate surface area is 154 Å². The summed E-state index contributed by atoms with van der Waals surface area (Å²) >= 11 is 0. The molecule has 0 radical (unpaired) electrons. The highest BCUT2D eigenvalue weighted by Gasteiger charge is 2.14. The van der Waals surface area contributed by atoms with Crippen LogP contribution in [0.4, 0.5) is 10.1 Å². The van der Waals surface area contributed by atoms with Crippen LogP contribution in [0, 0.1) is 5.82 Å². The van der Waals surface area contributed by atoms with Crippen molar-refractivity contribution >= 4 is 17.6 Å². The number of ether oxygens (including phenoxy) is 1. The normalized spacial score (nSPS) is 10.4. The molecule has 3 aromatic rings. The van der Waals surface area contributed by atoms with E-state index in [-0.39, 0.29) is 36.1 Å². The molecule has 3 rings (SSSR count). The van der Waals surface area contributed by atoms with Crippen LogP contribution in [0.1, 0.15) is 22.7 Å². The molecule has 0 aliphatic carbocycles. The van der Waals surface area contributed by atoms with Gasteiger partial charge in [-0.15, -0.1) is 10.2 Å². The van der Waals surface area contributed by atoms with Crippen molar-refractivity contribution in [3.05, 3.63) is 65.8 Å². The summed E-state index contributed by atoms with van der Waals surface area (Å²) in [5, 5.41) is 10.3. The molecule has 0 saturated carbocycles. The number of carbonyl (C=O) groups excluding carboxylic acids is 2. The SMILES string of the molecule is COC(=O)c1cccc(NC(=O)CCc2nnc(-c3ccccc3F)o2)c1. The number of rotatable bonds is 6. The topological polar surface area (TPSA) is 94.3 Å². The van der Waals surface area contributed by atoms with Crippen LogP contribution in [0.5, 0.6) is 0 Å². The van der Waals surface area contributed by atoms with E-state index in [0.717, 1.165) is 0 Å². The first-order valence-electron chi connectivity index (χ1n) is 8.12. The quantitative estimate of drug-likeness (QED) is 0.671. The second-order valence-corrected chi connectivity index (χ2v) is 5.60. The Morgan fingerprint density at radius 3 is 2.74 bits per heavy atom. The lowest BCUT2D eigenvalue weighted by molar-refractivity contribution is -0.116. The van der Waals surface area contributed by atoms with Gasteiger partial charge < -0.3 is 14.5 Å². The number of hydrogen-bond donors (Lipinski definition) is 1. The van der Waals surface area contributed by atoms with Crippen LogP contribution in [-0.2, 0) is 16.0 Å². The average Bonchev–Trinajstić information content (AvgIpc) is 3.15. The molecule has 8 heteroatoms. The number of nitrogens with zero attached hydrogens (tertiary/aromatic N) is 2. The van der Waals surface area contributed by atoms with E-state index in [1.165, 1.54) is 25.3 Å². The lowest BCUT2D eigenvalue weighted by Gasteiger charge is -2.06. The molecule has 0 atom stereocenters. The van der Waals surface area contributed by atoms with Gasteiger partial charge in [-0.25, -0.2) is 9.18 Å². The largest absolute Gasteiger partial charge is 0.465 e. The lowest BCUT2D eigenvalue weighted by atomic mass is 10.2. The van der Waals surface area contributed by atoms with E-state index >= 15 is 0 Å². The van der Waals surface area contributed by atoms with Crippen LogP contribution in [0.2, 0.25) is 0 Å². The molecule has 0 saturated heterocycles. The smallest absolute Gasteiger partial charge is 0.337 e. The van der Waals surface area contributed by atoms with Gasteiger partial charge in [0.1, 0.15) is 5.82 Å². The van der Waals surface area contributed by atoms with Gasteiger partial charge in [0.05, 0.1) is 18.2 Å². The summed E-state index contributed by atoms with van der Waals surface area (Å²) < 4.78 is 23.8. The number of carbonyl (C=O) groups is 2. The predicted octanol–water partition coefficient (Wildman–Crippen LogP) is 3.23. The van der Waals surface area contributed by atoms with E-state index in [1.807, 2.05) is 0 Å². The number of esters is 1. The van der Waals surface area contributed by atoms with E-state index in [0.29, 0.717) is 11.3 Å². The van der Waals surface area contributed by atoms with Crippen molar-refractivity contribution in [1.82, 2.24) is 10.2 Å². The maximum Gasteiger partial charge on any atom is 0.337 e. The second-order valence-electron chi connectivity index (χ2n) is 5.60. The Kier molecular flexibility index (Phi) is 5.55. The minimum atomic E-state index is -0.488. The van der Waals surface area contributed by atoms with Gasteiger partial charge in [-0.1, -0.05) is 18.2 Å². The monoisotopic (exact) mass is 369 g/mol. The van der Waals surface area contributed by atoms with Gasteiger partial charge in [-0.3, -0.25) is 4.79 Å². The van der Waals surface area contributed by atoms with Crippen molar-refractivity contribution in [1.29, 1.82) is 0 Å². The highest BCUT2D eigenvalue weighted by atomic mass is 19.1. The maximum absolute atomic E-state index is 13.7. The predicted molar refractivity (Wildman–Crippen MR) is 94.4 cm³/mol. The van der Waals surface area contributed by atoms with Gasteiger partial charge in [0, 0.05) is 18.5 Å². The molecular formula is C19H16FN3O4. The third kappa shape index (κ3) is 4.55. The zero-order valence-electron chi connectivity index (χ0n) is 14.4. The van der Waals surface area contributed by atoms with Gasteiger partial charge in [-0.05, 0) is 30.3 Å². The third-order valence-corrected chi connectivity index (χ3v) is 3.70. The fourth-order valence-corrected chi connectivity index (χ4v) is 2.38. The molecule has 0 spiro atoms. The van der Waals surface area contributed by atoms with Crippen molar-refractivity contribution < 1.29 is 23.1 Å². The zero-order chi connectivity index (χ0) is 19.2. The maximum atomic E-state index is 13.7. The minimum absolute atomic E-state index is 0.0642. The molecule has 0 unspecified atom stereocenters. The number of anilines is 1. The van der Waals surface area contributed by atoms with E-state index < -0.39 is 11.8 Å². The Morgan fingerprint density at radius 2 is 1.96 bits per heavy atom. The van der Waals surface area contributed by atoms with Gasteiger partial charge in [-0.2, -0.15) is 0 Å². The van der Waals surface area contributed by atoms with E-state index in [9.17, 15) is 14.0 Å². The van der Waals surface area contributed by atoms with Crippen LogP contribution in [0.3, 0.4) is 0 Å². The van der Waals surface area contributed by atoms with Gasteiger partial charge in [0.15, 0.2) is 0 Å². The highest BCUT2D eigenvalue weighted by molar-refractivity contribution is 5.94. The average molecular weight is 369 g/mol. The minimum Gasteiger partial charge on any atom is -0.465 e. The fourth-order valence-electron chi connectivity index (χ4n) is 2.38. The molecule has 1 heterocycles. The van der Waals surface area contributed by atoms with Gasteiger partial charge >= 0.3 is 5.97 Å². The number of benzene rings is 2. The summed E-state index contributed by atoms with van der Waals surface area (Å²) in [4.78, 5) is 23.6. The summed E-state index contributed by atoms with van der Waals surface area (Å²) in [6.45, 7) is 0. The molecule has 1 amide bonds. The van der Waals surface area contributed by atoms with E-state index in [2.05, 4.69) is 20.3 Å². The number of nitrogens with one attached hydrogen (secondary N) is 1. The molecule has 0 aliphatic heterocycles. The summed E-state index contributed by atoms with van der Waals surface area (Å²) in [5.41, 5.74) is 1.02. The molecule has 2 aromatic carbocycles. The fraction of sp³-hybridized carbons (Fsp3) is 0.158. The van der Waals surface area contributed by atoms with Gasteiger partial charge in [0.2, 0.25) is 11.8 Å². The van der Waals surface area contributed by atoms with Crippen molar-refractivity contribution in [2.75, 3.05) is 12.4 Å². The molecular weight excluding hydrogens is 353 g/mol. The van der Waals surface area contributed by atoms with E-state index in [4.69, 9.17) is 4.42 Å². The van der Waals surface area contributed by atoms with Gasteiger partial charge in [0.25, 0.3) is 5.89 Å². The molecule has 27 heavy (non-hydrogen) atoms. The van der Waals surface area contributed by atoms with Crippen LogP contribution in [-0.4, -0.2) is 29.2 Å². The highest BCUT2D eigenvalue weighted by Crippen LogP contribution is 2.21. The summed E-state index contributed by atoms with van der Waals surface area (Å²) in [5.74, 6) is -0.947. The van der Waals surface area contributed by atoms with Crippen molar-refractivity contribution in [3.63, 3.8) is 0 Å². The van der Waals surface area contributed by atoms with Crippen LogP contribution < -0.4 is 5.32 Å². The Hall–Kier alpha value is -3.55. The lowest BCUT2D eigenvalue weighted by Crippen LogP contribution is -2.13. The molecule has 7 nitrogen and oxygen atoms in total. The van der Waals surface area contributed by atoms with Crippen molar-refractivity contribution in [2.45, 2.75) is 12.8 Å². The summed E-state index contributed by atoms with van der Waals surface area (Å²) in [6, 6.07) is 12.5. The standard InChI is InChI=1S/C19H16FN3O4/c1-26-19(25)12-5-4-6-13(11-12)21-16(24)9-10-17-22-23-18(27-17)14-7-2-3-8-15(14)20/h2-8,11H,9-10H2,1H3,(H,21,24). The molecule has 1 N–H and O–H groups in total. The van der Waals surface area contributed by atoms with Crippen LogP contribution in [0.15, 0.2) is 52.9 Å². The second kappa shape index (κ2) is 8.22. The van der Waals surface area contributed by atoms with Crippen LogP contribution >= 0.6 is 0 Å². The number of hydrogen-bond acceptors (Lipinski definition) is 6. The first-order valence-corrected chi connectivity index (χ1v) is 8.12. The molecule has 0 bridgehead atoms. The van der Waals surface area contributed by atoms with Crippen molar-refractivity contribution in [3.8, 4) is 11.5 Å². The third-order valence-electron chi connectivity index (χ3n) is 3.70. The number of aromatic nitrogens is 2. The summed E-state index contributed by atoms with van der Waals surface area (Å²) in [7, 11) is 1.29. The van der Waals surface area contributed by atoms with E-state index in [1.54, 1.807) is 30.3 Å². The number of halogens is 1. The number of amides is 1. The van der Waals surface area contributed by atoms with Crippen LogP contribution in [0.25, 0.3) is 11.5 Å². The first kappa shape index (κ1) is 18.2. The first-order chi connectivity index (χ1) is 13.1. The zero-order valence-corrected chi connectivity index (χ0v) is 14.4. The molecule has 1 aromatic heterocycles. The number of aryl methyl sites for hydroxylation is 1. The Balaban J connectivity index is 1.59. The molecule has 0 fully saturated rings.